The van der Waals surface area contributed by atoms with Gasteiger partial charge in [0.1, 0.15) is 6.04 Å². The number of carbonyl (C=O) groups is 3. The number of rotatable bonds is 5. The molecule has 1 saturated heterocycles. The van der Waals surface area contributed by atoms with Crippen LogP contribution in [0.15, 0.2) is 30.5 Å². The molecular formula is C19H23N3O5. The van der Waals surface area contributed by atoms with E-state index in [4.69, 9.17) is 4.74 Å². The number of morpholine rings is 1. The van der Waals surface area contributed by atoms with Crippen LogP contribution in [0.4, 0.5) is 0 Å². The third-order valence-corrected chi connectivity index (χ3v) is 4.62. The fourth-order valence-corrected chi connectivity index (χ4v) is 3.45. The fourth-order valence-electron chi connectivity index (χ4n) is 3.45. The molecule has 2 amide bonds. The van der Waals surface area contributed by atoms with E-state index in [2.05, 4.69) is 10.3 Å². The molecule has 8 nitrogen and oxygen atoms in total. The highest BCUT2D eigenvalue weighted by atomic mass is 16.5. The number of para-hydroxylation sites is 1. The number of nitrogens with one attached hydrogen (secondary N) is 2. The number of hydrogen-bond donors (Lipinski definition) is 3. The number of amides is 2. The Morgan fingerprint density at radius 1 is 1.33 bits per heavy atom. The van der Waals surface area contributed by atoms with Gasteiger partial charge in [-0.15, -0.1) is 0 Å². The molecule has 3 rings (SSSR count). The summed E-state index contributed by atoms with van der Waals surface area (Å²) in [6, 6.07) is 6.94. The van der Waals surface area contributed by atoms with Gasteiger partial charge in [0.2, 0.25) is 11.8 Å². The lowest BCUT2D eigenvalue weighted by atomic mass is 10.0. The van der Waals surface area contributed by atoms with Crippen LogP contribution < -0.4 is 5.32 Å². The average Bonchev–Trinajstić information content (AvgIpc) is 3.02. The molecule has 3 N–H and O–H groups in total. The summed E-state index contributed by atoms with van der Waals surface area (Å²) in [7, 11) is 0. The van der Waals surface area contributed by atoms with E-state index in [9.17, 15) is 19.5 Å². The van der Waals surface area contributed by atoms with Crippen molar-refractivity contribution in [1.82, 2.24) is 15.2 Å². The summed E-state index contributed by atoms with van der Waals surface area (Å²) in [4.78, 5) is 40.6. The summed E-state index contributed by atoms with van der Waals surface area (Å²) in [5.74, 6) is -1.73. The van der Waals surface area contributed by atoms with Crippen molar-refractivity contribution in [3.05, 3.63) is 36.0 Å². The molecule has 27 heavy (non-hydrogen) atoms. The summed E-state index contributed by atoms with van der Waals surface area (Å²) in [5.41, 5.74) is 1.86. The van der Waals surface area contributed by atoms with Crippen LogP contribution in [0.5, 0.6) is 0 Å². The van der Waals surface area contributed by atoms with Crippen LogP contribution in [0, 0.1) is 0 Å². The van der Waals surface area contributed by atoms with Gasteiger partial charge in [0.15, 0.2) is 6.10 Å². The Bertz CT molecular complexity index is 862. The van der Waals surface area contributed by atoms with Crippen molar-refractivity contribution in [1.29, 1.82) is 0 Å². The topological polar surface area (TPSA) is 112 Å². The number of carboxylic acid groups (broad SMARTS) is 1. The van der Waals surface area contributed by atoms with Crippen LogP contribution in [0.2, 0.25) is 0 Å². The molecule has 1 aliphatic heterocycles. The number of aromatic nitrogens is 1. The minimum atomic E-state index is -1.10. The largest absolute Gasteiger partial charge is 0.479 e. The zero-order chi connectivity index (χ0) is 19.6. The summed E-state index contributed by atoms with van der Waals surface area (Å²) in [6.07, 6.45) is 0.680. The van der Waals surface area contributed by atoms with Crippen molar-refractivity contribution in [2.75, 3.05) is 13.1 Å². The van der Waals surface area contributed by atoms with E-state index in [-0.39, 0.29) is 24.9 Å². The fraction of sp³-hybridized carbons (Fsp3) is 0.421. The maximum atomic E-state index is 13.1. The van der Waals surface area contributed by atoms with Gasteiger partial charge < -0.3 is 25.0 Å². The van der Waals surface area contributed by atoms with Crippen LogP contribution >= 0.6 is 0 Å². The van der Waals surface area contributed by atoms with Crippen molar-refractivity contribution >= 4 is 28.7 Å². The first-order valence-electron chi connectivity index (χ1n) is 8.84. The van der Waals surface area contributed by atoms with E-state index >= 15 is 0 Å². The minimum Gasteiger partial charge on any atom is -0.479 e. The number of benzene rings is 1. The molecule has 1 aromatic heterocycles. The number of aromatic amines is 1. The van der Waals surface area contributed by atoms with Gasteiger partial charge in [0, 0.05) is 37.0 Å². The highest BCUT2D eigenvalue weighted by Crippen LogP contribution is 2.20. The number of carboxylic acids is 1. The Morgan fingerprint density at radius 2 is 2.07 bits per heavy atom. The van der Waals surface area contributed by atoms with Crippen molar-refractivity contribution in [2.45, 2.75) is 38.5 Å². The van der Waals surface area contributed by atoms with E-state index in [1.165, 1.54) is 11.8 Å². The van der Waals surface area contributed by atoms with Gasteiger partial charge in [-0.1, -0.05) is 18.2 Å². The highest BCUT2D eigenvalue weighted by Gasteiger charge is 2.35. The number of hydrogen-bond acceptors (Lipinski definition) is 4. The lowest BCUT2D eigenvalue weighted by Crippen LogP contribution is -2.57. The second-order valence-corrected chi connectivity index (χ2v) is 6.83. The molecule has 8 heteroatoms. The van der Waals surface area contributed by atoms with Crippen molar-refractivity contribution in [3.63, 3.8) is 0 Å². The summed E-state index contributed by atoms with van der Waals surface area (Å²) in [5, 5.41) is 12.9. The molecule has 0 aliphatic carbocycles. The Morgan fingerprint density at radius 3 is 2.78 bits per heavy atom. The molecule has 1 fully saturated rings. The van der Waals surface area contributed by atoms with Gasteiger partial charge in [0.05, 0.1) is 12.6 Å². The first kappa shape index (κ1) is 18.9. The molecule has 0 radical (unpaired) electrons. The molecule has 2 aromatic rings. The van der Waals surface area contributed by atoms with Gasteiger partial charge in [-0.2, -0.15) is 0 Å². The van der Waals surface area contributed by atoms with Crippen molar-refractivity contribution in [2.24, 2.45) is 0 Å². The molecule has 144 valence electrons. The molecule has 0 saturated carbocycles. The van der Waals surface area contributed by atoms with E-state index < -0.39 is 24.2 Å². The van der Waals surface area contributed by atoms with Gasteiger partial charge in [-0.05, 0) is 18.6 Å². The SMILES string of the molecule is CC(=O)NC(Cc1c[nH]c2ccccc12)C(=O)N1CC(C(=O)O)O[C@H](C)C1. The second kappa shape index (κ2) is 7.79. The monoisotopic (exact) mass is 373 g/mol. The number of H-pyrrole nitrogens is 1. The lowest BCUT2D eigenvalue weighted by Gasteiger charge is -2.36. The Hall–Kier alpha value is -2.87. The molecule has 2 heterocycles. The number of fused-ring (bicyclic) bond motifs is 1. The first-order valence-corrected chi connectivity index (χ1v) is 8.84. The zero-order valence-corrected chi connectivity index (χ0v) is 15.3. The normalized spacial score (nSPS) is 21.0. The number of aliphatic carboxylic acids is 1. The predicted molar refractivity (Wildman–Crippen MR) is 98.2 cm³/mol. The quantitative estimate of drug-likeness (QED) is 0.721. The Kier molecular flexibility index (Phi) is 5.46. The molecule has 3 atom stereocenters. The number of nitrogens with zero attached hydrogens (tertiary/aromatic N) is 1. The first-order chi connectivity index (χ1) is 12.8. The van der Waals surface area contributed by atoms with E-state index in [0.717, 1.165) is 16.5 Å². The Balaban J connectivity index is 1.82. The molecule has 1 aliphatic rings. The van der Waals surface area contributed by atoms with E-state index in [1.54, 1.807) is 6.92 Å². The average molecular weight is 373 g/mol. The zero-order valence-electron chi connectivity index (χ0n) is 15.3. The predicted octanol–water partition coefficient (Wildman–Crippen LogP) is 0.916. The van der Waals surface area contributed by atoms with Crippen LogP contribution in [-0.2, 0) is 25.5 Å². The van der Waals surface area contributed by atoms with Gasteiger partial charge in [-0.25, -0.2) is 4.79 Å². The van der Waals surface area contributed by atoms with Gasteiger partial charge in [0.25, 0.3) is 0 Å². The summed E-state index contributed by atoms with van der Waals surface area (Å²) >= 11 is 0. The minimum absolute atomic E-state index is 0.0392. The molecule has 0 spiro atoms. The van der Waals surface area contributed by atoms with Gasteiger partial charge in [-0.3, -0.25) is 9.59 Å². The Labute approximate surface area is 156 Å². The van der Waals surface area contributed by atoms with Crippen LogP contribution in [0.3, 0.4) is 0 Å². The second-order valence-electron chi connectivity index (χ2n) is 6.83. The summed E-state index contributed by atoms with van der Waals surface area (Å²) in [6.45, 7) is 3.33. The maximum absolute atomic E-state index is 13.1. The van der Waals surface area contributed by atoms with Gasteiger partial charge >= 0.3 is 5.97 Å². The van der Waals surface area contributed by atoms with Crippen LogP contribution in [-0.4, -0.2) is 64.1 Å². The molecular weight excluding hydrogens is 350 g/mol. The maximum Gasteiger partial charge on any atom is 0.334 e. The number of ether oxygens (including phenoxy) is 1. The lowest BCUT2D eigenvalue weighted by molar-refractivity contribution is -0.167. The van der Waals surface area contributed by atoms with E-state index in [0.29, 0.717) is 6.42 Å². The molecule has 2 unspecified atom stereocenters. The van der Waals surface area contributed by atoms with Crippen molar-refractivity contribution in [3.8, 4) is 0 Å². The third kappa shape index (κ3) is 4.28. The van der Waals surface area contributed by atoms with E-state index in [1.807, 2.05) is 30.5 Å². The third-order valence-electron chi connectivity index (χ3n) is 4.62. The molecule has 0 bridgehead atoms. The van der Waals surface area contributed by atoms with Crippen LogP contribution in [0.1, 0.15) is 19.4 Å². The summed E-state index contributed by atoms with van der Waals surface area (Å²) < 4.78 is 5.37. The number of carbonyl (C=O) groups excluding carboxylic acids is 2. The van der Waals surface area contributed by atoms with Crippen molar-refractivity contribution < 1.29 is 24.2 Å². The van der Waals surface area contributed by atoms with Crippen LogP contribution in [0.25, 0.3) is 10.9 Å². The molecule has 1 aromatic carbocycles. The smallest absolute Gasteiger partial charge is 0.334 e. The standard InChI is InChI=1S/C19H23N3O5/c1-11-9-22(10-17(27-11)19(25)26)18(24)16(21-12(2)23)7-13-8-20-15-6-4-3-5-14(13)15/h3-6,8,11,16-17,20H,7,9-10H2,1-2H3,(H,21,23)(H,25,26)/t11-,16?,17?/m1/s1. The highest BCUT2D eigenvalue weighted by molar-refractivity contribution is 5.89.